The summed E-state index contributed by atoms with van der Waals surface area (Å²) >= 11 is 0. The lowest BCUT2D eigenvalue weighted by Gasteiger charge is -2.35. The SMILES string of the molecule is C=C(C)[C@H]1[C@@H](C(=O)OCC)CCC[C@H]1C(=O)O. The summed E-state index contributed by atoms with van der Waals surface area (Å²) in [6.45, 7) is 7.71. The van der Waals surface area contributed by atoms with Crippen molar-refractivity contribution in [3.8, 4) is 0 Å². The van der Waals surface area contributed by atoms with E-state index >= 15 is 0 Å². The molecule has 0 aromatic heterocycles. The van der Waals surface area contributed by atoms with Crippen LogP contribution in [0.4, 0.5) is 0 Å². The van der Waals surface area contributed by atoms with E-state index in [9.17, 15) is 14.7 Å². The third kappa shape index (κ3) is 3.08. The third-order valence-electron chi connectivity index (χ3n) is 3.37. The van der Waals surface area contributed by atoms with Crippen molar-refractivity contribution in [1.82, 2.24) is 0 Å². The number of carboxylic acids is 1. The van der Waals surface area contributed by atoms with Gasteiger partial charge in [-0.05, 0) is 26.7 Å². The number of ether oxygens (including phenoxy) is 1. The summed E-state index contributed by atoms with van der Waals surface area (Å²) in [6, 6.07) is 0. The monoisotopic (exact) mass is 240 g/mol. The lowest BCUT2D eigenvalue weighted by Crippen LogP contribution is -2.38. The molecule has 1 saturated carbocycles. The van der Waals surface area contributed by atoms with Gasteiger partial charge in [0.1, 0.15) is 0 Å². The van der Waals surface area contributed by atoms with Crippen molar-refractivity contribution in [1.29, 1.82) is 0 Å². The molecule has 0 aromatic rings. The van der Waals surface area contributed by atoms with Crippen LogP contribution in [0.2, 0.25) is 0 Å². The van der Waals surface area contributed by atoms with E-state index in [1.807, 2.05) is 0 Å². The van der Waals surface area contributed by atoms with E-state index in [4.69, 9.17) is 4.74 Å². The minimum Gasteiger partial charge on any atom is -0.481 e. The molecule has 1 fully saturated rings. The molecule has 3 atom stereocenters. The third-order valence-corrected chi connectivity index (χ3v) is 3.37. The maximum atomic E-state index is 11.8. The Morgan fingerprint density at radius 3 is 2.41 bits per heavy atom. The summed E-state index contributed by atoms with van der Waals surface area (Å²) in [6.07, 6.45) is 2.06. The number of hydrogen-bond donors (Lipinski definition) is 1. The Bertz CT molecular complexity index is 321. The molecule has 1 rings (SSSR count). The van der Waals surface area contributed by atoms with Crippen molar-refractivity contribution in [2.75, 3.05) is 6.61 Å². The van der Waals surface area contributed by atoms with Crippen LogP contribution in [0.25, 0.3) is 0 Å². The van der Waals surface area contributed by atoms with Crippen LogP contribution in [0.15, 0.2) is 12.2 Å². The molecule has 1 aliphatic rings. The first-order valence-electron chi connectivity index (χ1n) is 6.03. The summed E-state index contributed by atoms with van der Waals surface area (Å²) in [4.78, 5) is 23.0. The van der Waals surface area contributed by atoms with Crippen LogP contribution in [-0.2, 0) is 14.3 Å². The Labute approximate surface area is 102 Å². The van der Waals surface area contributed by atoms with Gasteiger partial charge in [-0.1, -0.05) is 18.6 Å². The van der Waals surface area contributed by atoms with Gasteiger partial charge in [-0.25, -0.2) is 0 Å². The number of carbonyl (C=O) groups excluding carboxylic acids is 1. The number of rotatable bonds is 4. The fourth-order valence-electron chi connectivity index (χ4n) is 2.67. The molecule has 0 bridgehead atoms. The first kappa shape index (κ1) is 13.7. The highest BCUT2D eigenvalue weighted by Crippen LogP contribution is 2.39. The van der Waals surface area contributed by atoms with Crippen LogP contribution in [0.3, 0.4) is 0 Å². The quantitative estimate of drug-likeness (QED) is 0.604. The molecule has 96 valence electrons. The van der Waals surface area contributed by atoms with Gasteiger partial charge in [-0.15, -0.1) is 0 Å². The number of esters is 1. The minimum atomic E-state index is -0.841. The van der Waals surface area contributed by atoms with Crippen LogP contribution in [0.5, 0.6) is 0 Å². The zero-order valence-electron chi connectivity index (χ0n) is 10.4. The maximum absolute atomic E-state index is 11.8. The van der Waals surface area contributed by atoms with Crippen LogP contribution >= 0.6 is 0 Å². The molecule has 4 nitrogen and oxygen atoms in total. The number of allylic oxidation sites excluding steroid dienone is 1. The van der Waals surface area contributed by atoms with Gasteiger partial charge in [0.15, 0.2) is 0 Å². The second-order valence-electron chi connectivity index (χ2n) is 4.61. The topological polar surface area (TPSA) is 63.6 Å². The molecular formula is C13H20O4. The highest BCUT2D eigenvalue weighted by Gasteiger charge is 2.41. The largest absolute Gasteiger partial charge is 0.481 e. The van der Waals surface area contributed by atoms with Gasteiger partial charge < -0.3 is 9.84 Å². The molecule has 0 aliphatic heterocycles. The first-order valence-corrected chi connectivity index (χ1v) is 6.03. The number of carboxylic acid groups (broad SMARTS) is 1. The minimum absolute atomic E-state index is 0.286. The van der Waals surface area contributed by atoms with Crippen molar-refractivity contribution in [3.05, 3.63) is 12.2 Å². The van der Waals surface area contributed by atoms with E-state index < -0.39 is 11.9 Å². The van der Waals surface area contributed by atoms with Crippen molar-refractivity contribution in [2.45, 2.75) is 33.1 Å². The number of aliphatic carboxylic acids is 1. The molecule has 0 unspecified atom stereocenters. The van der Waals surface area contributed by atoms with Gasteiger partial charge in [-0.2, -0.15) is 0 Å². The molecular weight excluding hydrogens is 220 g/mol. The maximum Gasteiger partial charge on any atom is 0.309 e. The normalized spacial score (nSPS) is 28.5. The summed E-state index contributed by atoms with van der Waals surface area (Å²) in [5.74, 6) is -2.27. The summed E-state index contributed by atoms with van der Waals surface area (Å²) in [5, 5.41) is 9.19. The van der Waals surface area contributed by atoms with E-state index in [2.05, 4.69) is 6.58 Å². The van der Waals surface area contributed by atoms with E-state index in [-0.39, 0.29) is 17.8 Å². The van der Waals surface area contributed by atoms with Crippen LogP contribution < -0.4 is 0 Å². The van der Waals surface area contributed by atoms with Gasteiger partial charge in [-0.3, -0.25) is 9.59 Å². The Balaban J connectivity index is 2.90. The molecule has 0 spiro atoms. The fourth-order valence-corrected chi connectivity index (χ4v) is 2.67. The first-order chi connectivity index (χ1) is 7.99. The van der Waals surface area contributed by atoms with Gasteiger partial charge in [0, 0.05) is 5.92 Å². The average molecular weight is 240 g/mol. The molecule has 0 saturated heterocycles. The van der Waals surface area contributed by atoms with E-state index in [1.165, 1.54) is 0 Å². The average Bonchev–Trinajstić information content (AvgIpc) is 2.28. The molecule has 0 amide bonds. The van der Waals surface area contributed by atoms with E-state index in [1.54, 1.807) is 13.8 Å². The Hall–Kier alpha value is -1.32. The molecule has 17 heavy (non-hydrogen) atoms. The van der Waals surface area contributed by atoms with Gasteiger partial charge in [0.2, 0.25) is 0 Å². The lowest BCUT2D eigenvalue weighted by atomic mass is 9.69. The van der Waals surface area contributed by atoms with Gasteiger partial charge >= 0.3 is 11.9 Å². The number of hydrogen-bond acceptors (Lipinski definition) is 3. The van der Waals surface area contributed by atoms with Gasteiger partial charge in [0.25, 0.3) is 0 Å². The smallest absolute Gasteiger partial charge is 0.309 e. The van der Waals surface area contributed by atoms with E-state index in [0.29, 0.717) is 19.4 Å². The van der Waals surface area contributed by atoms with Gasteiger partial charge in [0.05, 0.1) is 18.4 Å². The second-order valence-corrected chi connectivity index (χ2v) is 4.61. The zero-order valence-corrected chi connectivity index (χ0v) is 10.4. The van der Waals surface area contributed by atoms with Crippen molar-refractivity contribution in [3.63, 3.8) is 0 Å². The van der Waals surface area contributed by atoms with Crippen LogP contribution in [-0.4, -0.2) is 23.7 Å². The summed E-state index contributed by atoms with van der Waals surface area (Å²) in [7, 11) is 0. The Morgan fingerprint density at radius 2 is 1.94 bits per heavy atom. The summed E-state index contributed by atoms with van der Waals surface area (Å²) in [5.41, 5.74) is 0.759. The highest BCUT2D eigenvalue weighted by molar-refractivity contribution is 5.77. The van der Waals surface area contributed by atoms with Crippen molar-refractivity contribution < 1.29 is 19.4 Å². The van der Waals surface area contributed by atoms with Crippen molar-refractivity contribution >= 4 is 11.9 Å². The standard InChI is InChI=1S/C13H20O4/c1-4-17-13(16)10-7-5-6-9(12(14)15)11(10)8(2)3/h9-11H,2,4-7H2,1,3H3,(H,14,15)/t9-,10+,11-/m1/s1. The molecule has 0 radical (unpaired) electrons. The second kappa shape index (κ2) is 5.84. The Kier molecular flexibility index (Phi) is 4.73. The lowest BCUT2D eigenvalue weighted by molar-refractivity contribution is -0.155. The predicted molar refractivity (Wildman–Crippen MR) is 63.4 cm³/mol. The van der Waals surface area contributed by atoms with E-state index in [0.717, 1.165) is 12.0 Å². The van der Waals surface area contributed by atoms with Crippen molar-refractivity contribution in [2.24, 2.45) is 17.8 Å². The van der Waals surface area contributed by atoms with Crippen LogP contribution in [0.1, 0.15) is 33.1 Å². The molecule has 1 aliphatic carbocycles. The molecule has 0 heterocycles. The molecule has 4 heteroatoms. The molecule has 1 N–H and O–H groups in total. The summed E-state index contributed by atoms with van der Waals surface area (Å²) < 4.78 is 5.02. The predicted octanol–water partition coefficient (Wildman–Crippen LogP) is 2.24. The van der Waals surface area contributed by atoms with Crippen LogP contribution in [0, 0.1) is 17.8 Å². The fraction of sp³-hybridized carbons (Fsp3) is 0.692. The zero-order chi connectivity index (χ0) is 13.0. The number of carbonyl (C=O) groups is 2. The Morgan fingerprint density at radius 1 is 1.35 bits per heavy atom. The molecule has 0 aromatic carbocycles. The highest BCUT2D eigenvalue weighted by atomic mass is 16.5.